The van der Waals surface area contributed by atoms with Crippen molar-refractivity contribution in [2.75, 3.05) is 12.9 Å². The molecule has 0 amide bonds. The van der Waals surface area contributed by atoms with Gasteiger partial charge in [-0.1, -0.05) is 0 Å². The molecule has 0 saturated heterocycles. The summed E-state index contributed by atoms with van der Waals surface area (Å²) in [7, 11) is -3.16. The highest BCUT2D eigenvalue weighted by Gasteiger charge is 2.05. The standard InChI is InChI=1S/C9H9NO3S/c1-14(11,12)9-4-2-8(3-5-9)13-7-6-10/h2-5H,7H2,1H3. The third-order valence-corrected chi connectivity index (χ3v) is 2.68. The lowest BCUT2D eigenvalue weighted by molar-refractivity contribution is 0.368. The maximum Gasteiger partial charge on any atom is 0.175 e. The van der Waals surface area contributed by atoms with Crippen LogP contribution in [0.5, 0.6) is 5.75 Å². The van der Waals surface area contributed by atoms with Crippen LogP contribution in [0.4, 0.5) is 0 Å². The van der Waals surface area contributed by atoms with Gasteiger partial charge in [-0.15, -0.1) is 0 Å². The van der Waals surface area contributed by atoms with Gasteiger partial charge in [-0.3, -0.25) is 0 Å². The Morgan fingerprint density at radius 2 is 1.93 bits per heavy atom. The number of hydrogen-bond donors (Lipinski definition) is 0. The molecule has 0 radical (unpaired) electrons. The molecule has 5 heteroatoms. The molecule has 0 fully saturated rings. The van der Waals surface area contributed by atoms with Gasteiger partial charge in [-0.2, -0.15) is 5.26 Å². The van der Waals surface area contributed by atoms with Crippen LogP contribution >= 0.6 is 0 Å². The fourth-order valence-corrected chi connectivity index (χ4v) is 1.53. The highest BCUT2D eigenvalue weighted by atomic mass is 32.2. The normalized spacial score (nSPS) is 10.6. The van der Waals surface area contributed by atoms with Crippen molar-refractivity contribution in [3.63, 3.8) is 0 Å². The Hall–Kier alpha value is -1.54. The van der Waals surface area contributed by atoms with E-state index in [1.807, 2.05) is 6.07 Å². The molecule has 0 N–H and O–H groups in total. The van der Waals surface area contributed by atoms with Crippen LogP contribution in [0, 0.1) is 11.3 Å². The van der Waals surface area contributed by atoms with Gasteiger partial charge in [0.1, 0.15) is 11.8 Å². The molecule has 0 atom stereocenters. The van der Waals surface area contributed by atoms with E-state index in [-0.39, 0.29) is 11.5 Å². The number of ether oxygens (including phenoxy) is 1. The zero-order chi connectivity index (χ0) is 10.6. The fraction of sp³-hybridized carbons (Fsp3) is 0.222. The Morgan fingerprint density at radius 1 is 1.36 bits per heavy atom. The molecule has 0 bridgehead atoms. The second-order valence-electron chi connectivity index (χ2n) is 2.69. The predicted molar refractivity (Wildman–Crippen MR) is 50.7 cm³/mol. The molecule has 0 saturated carbocycles. The van der Waals surface area contributed by atoms with Gasteiger partial charge in [-0.25, -0.2) is 8.42 Å². The topological polar surface area (TPSA) is 67.2 Å². The largest absolute Gasteiger partial charge is 0.479 e. The van der Waals surface area contributed by atoms with E-state index in [1.165, 1.54) is 24.3 Å². The minimum absolute atomic E-state index is 0.0434. The monoisotopic (exact) mass is 211 g/mol. The summed E-state index contributed by atoms with van der Waals surface area (Å²) in [5.41, 5.74) is 0. The van der Waals surface area contributed by atoms with Crippen molar-refractivity contribution < 1.29 is 13.2 Å². The molecule has 74 valence electrons. The van der Waals surface area contributed by atoms with Crippen LogP contribution in [0.2, 0.25) is 0 Å². The molecule has 0 aliphatic carbocycles. The van der Waals surface area contributed by atoms with Crippen molar-refractivity contribution in [2.45, 2.75) is 4.90 Å². The smallest absolute Gasteiger partial charge is 0.175 e. The molecule has 1 aromatic carbocycles. The van der Waals surface area contributed by atoms with Crippen molar-refractivity contribution in [3.05, 3.63) is 24.3 Å². The van der Waals surface area contributed by atoms with Gasteiger partial charge in [0, 0.05) is 6.26 Å². The van der Waals surface area contributed by atoms with Crippen molar-refractivity contribution in [3.8, 4) is 11.8 Å². The summed E-state index contributed by atoms with van der Waals surface area (Å²) in [6.45, 7) is -0.0434. The van der Waals surface area contributed by atoms with Gasteiger partial charge < -0.3 is 4.74 Å². The van der Waals surface area contributed by atoms with Crippen molar-refractivity contribution in [2.24, 2.45) is 0 Å². The van der Waals surface area contributed by atoms with E-state index < -0.39 is 9.84 Å². The predicted octanol–water partition coefficient (Wildman–Crippen LogP) is 0.992. The van der Waals surface area contributed by atoms with Crippen molar-refractivity contribution >= 4 is 9.84 Å². The van der Waals surface area contributed by atoms with Crippen LogP contribution in [0.15, 0.2) is 29.2 Å². The fourth-order valence-electron chi connectivity index (χ4n) is 0.899. The molecule has 0 heterocycles. The Morgan fingerprint density at radius 3 is 2.36 bits per heavy atom. The number of benzene rings is 1. The molecule has 0 aliphatic rings. The first-order valence-corrected chi connectivity index (χ1v) is 5.73. The summed E-state index contributed by atoms with van der Waals surface area (Å²) in [5.74, 6) is 0.485. The van der Waals surface area contributed by atoms with E-state index in [9.17, 15) is 8.42 Å². The number of sulfone groups is 1. The zero-order valence-electron chi connectivity index (χ0n) is 7.60. The Kier molecular flexibility index (Phi) is 3.10. The van der Waals surface area contributed by atoms with Gasteiger partial charge in [0.15, 0.2) is 16.4 Å². The van der Waals surface area contributed by atoms with E-state index in [0.717, 1.165) is 6.26 Å². The summed E-state index contributed by atoms with van der Waals surface area (Å²) in [5, 5.41) is 8.24. The summed E-state index contributed by atoms with van der Waals surface area (Å²) < 4.78 is 27.1. The number of nitriles is 1. The lowest BCUT2D eigenvalue weighted by Crippen LogP contribution is -1.97. The average molecular weight is 211 g/mol. The first kappa shape index (κ1) is 10.5. The van der Waals surface area contributed by atoms with E-state index in [1.54, 1.807) is 0 Å². The third kappa shape index (κ3) is 2.75. The summed E-state index contributed by atoms with van der Waals surface area (Å²) in [6.07, 6.45) is 1.14. The van der Waals surface area contributed by atoms with Gasteiger partial charge in [-0.05, 0) is 24.3 Å². The number of hydrogen-bond acceptors (Lipinski definition) is 4. The van der Waals surface area contributed by atoms with Crippen LogP contribution in [0.25, 0.3) is 0 Å². The highest BCUT2D eigenvalue weighted by Crippen LogP contribution is 2.15. The van der Waals surface area contributed by atoms with Crippen LogP contribution in [-0.2, 0) is 9.84 Å². The van der Waals surface area contributed by atoms with E-state index >= 15 is 0 Å². The molecular weight excluding hydrogens is 202 g/mol. The minimum atomic E-state index is -3.16. The molecule has 0 unspecified atom stereocenters. The van der Waals surface area contributed by atoms with Gasteiger partial charge >= 0.3 is 0 Å². The molecule has 1 aromatic rings. The number of nitrogens with zero attached hydrogens (tertiary/aromatic N) is 1. The molecule has 0 aromatic heterocycles. The first-order valence-electron chi connectivity index (χ1n) is 3.84. The molecule has 4 nitrogen and oxygen atoms in total. The number of rotatable bonds is 3. The Labute approximate surface area is 82.7 Å². The van der Waals surface area contributed by atoms with E-state index in [0.29, 0.717) is 5.75 Å². The first-order chi connectivity index (χ1) is 6.54. The molecule has 14 heavy (non-hydrogen) atoms. The lowest BCUT2D eigenvalue weighted by Gasteiger charge is -2.02. The van der Waals surface area contributed by atoms with Crippen molar-refractivity contribution in [1.82, 2.24) is 0 Å². The summed E-state index contributed by atoms with van der Waals surface area (Å²) >= 11 is 0. The second-order valence-corrected chi connectivity index (χ2v) is 4.71. The quantitative estimate of drug-likeness (QED) is 0.747. The minimum Gasteiger partial charge on any atom is -0.479 e. The molecule has 1 rings (SSSR count). The maximum atomic E-state index is 11.1. The summed E-state index contributed by atoms with van der Waals surface area (Å²) in [6, 6.07) is 7.76. The Bertz CT molecular complexity index is 442. The summed E-state index contributed by atoms with van der Waals surface area (Å²) in [4.78, 5) is 0.238. The van der Waals surface area contributed by atoms with Crippen LogP contribution in [0.1, 0.15) is 0 Å². The van der Waals surface area contributed by atoms with Gasteiger partial charge in [0.05, 0.1) is 4.90 Å². The Balaban J connectivity index is 2.86. The van der Waals surface area contributed by atoms with Crippen LogP contribution < -0.4 is 4.74 Å². The van der Waals surface area contributed by atoms with E-state index in [2.05, 4.69) is 0 Å². The molecular formula is C9H9NO3S. The van der Waals surface area contributed by atoms with Gasteiger partial charge in [0.25, 0.3) is 0 Å². The van der Waals surface area contributed by atoms with E-state index in [4.69, 9.17) is 10.00 Å². The van der Waals surface area contributed by atoms with Gasteiger partial charge in [0.2, 0.25) is 0 Å². The zero-order valence-corrected chi connectivity index (χ0v) is 8.41. The average Bonchev–Trinajstić information content (AvgIpc) is 2.14. The second kappa shape index (κ2) is 4.11. The highest BCUT2D eigenvalue weighted by molar-refractivity contribution is 7.90. The lowest BCUT2D eigenvalue weighted by atomic mass is 10.3. The van der Waals surface area contributed by atoms with Crippen LogP contribution in [0.3, 0.4) is 0 Å². The maximum absolute atomic E-state index is 11.1. The third-order valence-electron chi connectivity index (χ3n) is 1.56. The molecule has 0 spiro atoms. The van der Waals surface area contributed by atoms with Crippen molar-refractivity contribution in [1.29, 1.82) is 5.26 Å². The molecule has 0 aliphatic heterocycles. The van der Waals surface area contributed by atoms with Crippen LogP contribution in [-0.4, -0.2) is 21.3 Å². The SMILES string of the molecule is CS(=O)(=O)c1ccc(OCC#N)cc1.